The first-order chi connectivity index (χ1) is 12.7. The van der Waals surface area contributed by atoms with Gasteiger partial charge in [0.05, 0.1) is 24.5 Å². The lowest BCUT2D eigenvalue weighted by atomic mass is 10.1. The van der Waals surface area contributed by atoms with Crippen molar-refractivity contribution in [2.75, 3.05) is 19.7 Å². The van der Waals surface area contributed by atoms with Crippen molar-refractivity contribution in [1.29, 1.82) is 0 Å². The molecule has 1 amide bonds. The van der Waals surface area contributed by atoms with E-state index < -0.39 is 0 Å². The van der Waals surface area contributed by atoms with E-state index in [1.807, 2.05) is 25.1 Å². The number of nitrogens with one attached hydrogen (secondary N) is 1. The summed E-state index contributed by atoms with van der Waals surface area (Å²) in [4.78, 5) is 27.2. The largest absolute Gasteiger partial charge is 0.368 e. The van der Waals surface area contributed by atoms with Gasteiger partial charge in [0.25, 0.3) is 5.91 Å². The molecule has 0 aliphatic carbocycles. The Balaban J connectivity index is 1.50. The van der Waals surface area contributed by atoms with Crippen LogP contribution in [0.3, 0.4) is 0 Å². The second kappa shape index (κ2) is 7.01. The minimum absolute atomic E-state index is 0.105. The van der Waals surface area contributed by atoms with Gasteiger partial charge in [0.15, 0.2) is 0 Å². The van der Waals surface area contributed by atoms with Crippen LogP contribution >= 0.6 is 0 Å². The van der Waals surface area contributed by atoms with E-state index in [4.69, 9.17) is 4.74 Å². The van der Waals surface area contributed by atoms with Crippen LogP contribution in [0.5, 0.6) is 0 Å². The van der Waals surface area contributed by atoms with Crippen LogP contribution in [0.15, 0.2) is 42.9 Å². The van der Waals surface area contributed by atoms with Gasteiger partial charge in [0, 0.05) is 30.7 Å². The molecular formula is C18H18N6O2. The van der Waals surface area contributed by atoms with Crippen LogP contribution in [0, 0.1) is 6.92 Å². The van der Waals surface area contributed by atoms with Crippen molar-refractivity contribution >= 4 is 5.91 Å². The molecule has 1 aliphatic rings. The quantitative estimate of drug-likeness (QED) is 0.773. The molecule has 0 aromatic carbocycles. The van der Waals surface area contributed by atoms with Gasteiger partial charge >= 0.3 is 0 Å². The van der Waals surface area contributed by atoms with Crippen LogP contribution in [0.25, 0.3) is 11.3 Å². The molecule has 0 radical (unpaired) electrons. The fourth-order valence-electron chi connectivity index (χ4n) is 2.93. The third kappa shape index (κ3) is 3.31. The highest BCUT2D eigenvalue weighted by atomic mass is 16.5. The van der Waals surface area contributed by atoms with E-state index in [9.17, 15) is 4.79 Å². The van der Waals surface area contributed by atoms with E-state index in [-0.39, 0.29) is 12.0 Å². The highest BCUT2D eigenvalue weighted by Crippen LogP contribution is 2.22. The Labute approximate surface area is 150 Å². The first kappa shape index (κ1) is 16.3. The molecule has 26 heavy (non-hydrogen) atoms. The second-order valence-electron chi connectivity index (χ2n) is 6.05. The number of hydrogen-bond donors (Lipinski definition) is 1. The van der Waals surface area contributed by atoms with Crippen LogP contribution in [0.4, 0.5) is 0 Å². The molecule has 0 saturated carbocycles. The summed E-state index contributed by atoms with van der Waals surface area (Å²) in [7, 11) is 0. The van der Waals surface area contributed by atoms with Crippen LogP contribution in [-0.2, 0) is 4.74 Å². The predicted molar refractivity (Wildman–Crippen MR) is 93.2 cm³/mol. The molecule has 0 spiro atoms. The summed E-state index contributed by atoms with van der Waals surface area (Å²) in [6.07, 6.45) is 4.86. The zero-order valence-corrected chi connectivity index (χ0v) is 14.3. The van der Waals surface area contributed by atoms with Crippen LogP contribution in [0.2, 0.25) is 0 Å². The number of aryl methyl sites for hydroxylation is 1. The number of aromatic amines is 1. The van der Waals surface area contributed by atoms with Crippen LogP contribution in [0.1, 0.15) is 28.1 Å². The summed E-state index contributed by atoms with van der Waals surface area (Å²) in [5, 5.41) is 7.06. The molecule has 1 aliphatic heterocycles. The molecule has 3 aromatic heterocycles. The number of pyridine rings is 1. The number of carbonyl (C=O) groups excluding carboxylic acids is 1. The number of hydrogen-bond acceptors (Lipinski definition) is 6. The smallest absolute Gasteiger partial charge is 0.272 e. The number of morpholine rings is 1. The summed E-state index contributed by atoms with van der Waals surface area (Å²) < 4.78 is 5.79. The van der Waals surface area contributed by atoms with E-state index in [0.29, 0.717) is 36.9 Å². The first-order valence-electron chi connectivity index (χ1n) is 8.37. The van der Waals surface area contributed by atoms with Gasteiger partial charge in [0.1, 0.15) is 17.6 Å². The number of rotatable bonds is 3. The highest BCUT2D eigenvalue weighted by molar-refractivity contribution is 5.93. The molecule has 8 nitrogen and oxygen atoms in total. The standard InChI is InChI=1S/C18H18N6O2/c1-12-20-6-4-14(21-12)17-11-24(7-8-26-17)18(25)16-9-15(22-23-16)13-3-2-5-19-10-13/h2-6,9-10,17H,7-8,11H2,1H3,(H,22,23). The predicted octanol–water partition coefficient (Wildman–Crippen LogP) is 1.78. The number of H-pyrrole nitrogens is 1. The van der Waals surface area contributed by atoms with Crippen molar-refractivity contribution in [3.63, 3.8) is 0 Å². The van der Waals surface area contributed by atoms with Crippen molar-refractivity contribution in [2.45, 2.75) is 13.0 Å². The first-order valence-corrected chi connectivity index (χ1v) is 8.37. The summed E-state index contributed by atoms with van der Waals surface area (Å²) in [6.45, 7) is 3.26. The average Bonchev–Trinajstić information content (AvgIpc) is 3.18. The molecule has 1 unspecified atom stereocenters. The molecule has 1 atom stereocenters. The van der Waals surface area contributed by atoms with Gasteiger partial charge in [-0.1, -0.05) is 0 Å². The SMILES string of the molecule is Cc1nccc(C2CN(C(=O)c3cc(-c4cccnc4)n[nH]3)CCO2)n1. The Morgan fingerprint density at radius 3 is 3.08 bits per heavy atom. The monoisotopic (exact) mass is 350 g/mol. The Hall–Kier alpha value is -3.13. The number of nitrogens with zero attached hydrogens (tertiary/aromatic N) is 5. The Morgan fingerprint density at radius 2 is 2.27 bits per heavy atom. The molecule has 1 fully saturated rings. The topological polar surface area (TPSA) is 96.9 Å². The van der Waals surface area contributed by atoms with Crippen molar-refractivity contribution in [2.24, 2.45) is 0 Å². The maximum absolute atomic E-state index is 12.8. The molecular weight excluding hydrogens is 332 g/mol. The summed E-state index contributed by atoms with van der Waals surface area (Å²) >= 11 is 0. The summed E-state index contributed by atoms with van der Waals surface area (Å²) in [5.41, 5.74) is 2.79. The number of carbonyl (C=O) groups is 1. The van der Waals surface area contributed by atoms with Gasteiger partial charge in [-0.05, 0) is 31.2 Å². The minimum Gasteiger partial charge on any atom is -0.368 e. The van der Waals surface area contributed by atoms with Crippen molar-refractivity contribution in [3.8, 4) is 11.3 Å². The van der Waals surface area contributed by atoms with Gasteiger partial charge in [0.2, 0.25) is 0 Å². The Morgan fingerprint density at radius 1 is 1.35 bits per heavy atom. The lowest BCUT2D eigenvalue weighted by Crippen LogP contribution is -2.42. The zero-order valence-electron chi connectivity index (χ0n) is 14.3. The highest BCUT2D eigenvalue weighted by Gasteiger charge is 2.28. The van der Waals surface area contributed by atoms with Crippen molar-refractivity contribution in [3.05, 3.63) is 60.1 Å². The average molecular weight is 350 g/mol. The summed E-state index contributed by atoms with van der Waals surface area (Å²) in [6, 6.07) is 7.31. The normalized spacial score (nSPS) is 17.3. The van der Waals surface area contributed by atoms with Crippen molar-refractivity contribution < 1.29 is 9.53 Å². The van der Waals surface area contributed by atoms with E-state index in [1.54, 1.807) is 29.6 Å². The second-order valence-corrected chi connectivity index (χ2v) is 6.05. The molecule has 0 bridgehead atoms. The third-order valence-electron chi connectivity index (χ3n) is 4.25. The number of amides is 1. The molecule has 1 N–H and O–H groups in total. The minimum atomic E-state index is -0.255. The van der Waals surface area contributed by atoms with Gasteiger partial charge in [-0.2, -0.15) is 5.10 Å². The van der Waals surface area contributed by atoms with Crippen LogP contribution < -0.4 is 0 Å². The molecule has 3 aromatic rings. The zero-order chi connectivity index (χ0) is 17.9. The van der Waals surface area contributed by atoms with E-state index in [0.717, 1.165) is 11.3 Å². The lowest BCUT2D eigenvalue weighted by molar-refractivity contribution is -0.0250. The van der Waals surface area contributed by atoms with Crippen molar-refractivity contribution in [1.82, 2.24) is 30.0 Å². The molecule has 4 rings (SSSR count). The molecule has 132 valence electrons. The number of aromatic nitrogens is 5. The molecule has 8 heteroatoms. The Bertz CT molecular complexity index is 911. The van der Waals surface area contributed by atoms with Gasteiger partial charge in [-0.15, -0.1) is 0 Å². The summed E-state index contributed by atoms with van der Waals surface area (Å²) in [5.74, 6) is 0.580. The molecule has 1 saturated heterocycles. The fraction of sp³-hybridized carbons (Fsp3) is 0.278. The van der Waals surface area contributed by atoms with E-state index >= 15 is 0 Å². The third-order valence-corrected chi connectivity index (χ3v) is 4.25. The lowest BCUT2D eigenvalue weighted by Gasteiger charge is -2.32. The van der Waals surface area contributed by atoms with Gasteiger partial charge in [-0.25, -0.2) is 9.97 Å². The van der Waals surface area contributed by atoms with Gasteiger partial charge in [-0.3, -0.25) is 14.9 Å². The maximum Gasteiger partial charge on any atom is 0.272 e. The Kier molecular flexibility index (Phi) is 4.40. The maximum atomic E-state index is 12.8. The fourth-order valence-corrected chi connectivity index (χ4v) is 2.93. The number of ether oxygens (including phenoxy) is 1. The van der Waals surface area contributed by atoms with E-state index in [1.165, 1.54) is 0 Å². The van der Waals surface area contributed by atoms with Gasteiger partial charge < -0.3 is 9.64 Å². The molecule has 4 heterocycles. The van der Waals surface area contributed by atoms with Crippen LogP contribution in [-0.4, -0.2) is 55.7 Å². The van der Waals surface area contributed by atoms with E-state index in [2.05, 4.69) is 25.1 Å².